The second kappa shape index (κ2) is 10.4. The highest BCUT2D eigenvalue weighted by atomic mass is 16.1. The summed E-state index contributed by atoms with van der Waals surface area (Å²) < 4.78 is 0. The number of hydrogen-bond acceptors (Lipinski definition) is 2. The van der Waals surface area contributed by atoms with Gasteiger partial charge < -0.3 is 16.0 Å². The Morgan fingerprint density at radius 2 is 1.67 bits per heavy atom. The predicted molar refractivity (Wildman–Crippen MR) is 112 cm³/mol. The molecule has 1 unspecified atom stereocenters. The van der Waals surface area contributed by atoms with Crippen LogP contribution in [0.1, 0.15) is 47.3 Å². The Labute approximate surface area is 162 Å². The normalized spacial score (nSPS) is 12.4. The third-order valence-electron chi connectivity index (χ3n) is 4.41. The van der Waals surface area contributed by atoms with E-state index in [-0.39, 0.29) is 11.9 Å². The topological polar surface area (TPSA) is 65.5 Å². The molecule has 0 aliphatic carbocycles. The molecule has 0 saturated carbocycles. The number of nitrogens with zero attached hydrogens (tertiary/aromatic N) is 1. The molecule has 2 rings (SSSR count). The zero-order chi connectivity index (χ0) is 19.6. The summed E-state index contributed by atoms with van der Waals surface area (Å²) in [5.74, 6) is 0.694. The number of carbonyl (C=O) groups excluding carboxylic acids is 1. The number of amides is 1. The minimum absolute atomic E-state index is 0.0341. The first-order valence-corrected chi connectivity index (χ1v) is 9.41. The van der Waals surface area contributed by atoms with Gasteiger partial charge in [0, 0.05) is 31.7 Å². The molecule has 0 aliphatic heterocycles. The van der Waals surface area contributed by atoms with Crippen LogP contribution in [-0.4, -0.2) is 25.0 Å². The molecule has 27 heavy (non-hydrogen) atoms. The van der Waals surface area contributed by atoms with E-state index in [9.17, 15) is 4.79 Å². The largest absolute Gasteiger partial charge is 0.352 e. The van der Waals surface area contributed by atoms with Gasteiger partial charge in [-0.2, -0.15) is 0 Å². The summed E-state index contributed by atoms with van der Waals surface area (Å²) in [6, 6.07) is 16.2. The number of guanidine groups is 1. The Morgan fingerprint density at radius 1 is 1.04 bits per heavy atom. The minimum Gasteiger partial charge on any atom is -0.352 e. The lowest BCUT2D eigenvalue weighted by molar-refractivity contribution is 0.0939. The summed E-state index contributed by atoms with van der Waals surface area (Å²) in [6.45, 7) is 7.45. The lowest BCUT2D eigenvalue weighted by atomic mass is 10.1. The highest BCUT2D eigenvalue weighted by Gasteiger charge is 2.09. The molecule has 0 fully saturated rings. The molecule has 0 heterocycles. The van der Waals surface area contributed by atoms with Gasteiger partial charge >= 0.3 is 0 Å². The second-order valence-electron chi connectivity index (χ2n) is 6.75. The number of nitrogens with one attached hydrogen (secondary N) is 3. The van der Waals surface area contributed by atoms with Gasteiger partial charge in [-0.25, -0.2) is 0 Å². The highest BCUT2D eigenvalue weighted by molar-refractivity contribution is 5.94. The van der Waals surface area contributed by atoms with Gasteiger partial charge in [0.2, 0.25) is 0 Å². The van der Waals surface area contributed by atoms with Crippen LogP contribution in [0.5, 0.6) is 0 Å². The standard InChI is InChI=1S/C22H30N4O/c1-5-17(3)26-21(27)20-11-7-10-19(13-20)15-25-22(23-4)24-14-18-9-6-8-16(2)12-18/h6-13,17H,5,14-15H2,1-4H3,(H,26,27)(H2,23,24,25). The van der Waals surface area contributed by atoms with Crippen LogP contribution < -0.4 is 16.0 Å². The molecule has 3 N–H and O–H groups in total. The molecule has 1 amide bonds. The third kappa shape index (κ3) is 6.77. The maximum Gasteiger partial charge on any atom is 0.251 e. The van der Waals surface area contributed by atoms with Crippen molar-refractivity contribution in [2.75, 3.05) is 7.05 Å². The fourth-order valence-electron chi connectivity index (χ4n) is 2.65. The van der Waals surface area contributed by atoms with Gasteiger partial charge in [-0.15, -0.1) is 0 Å². The fourth-order valence-corrected chi connectivity index (χ4v) is 2.65. The molecule has 0 radical (unpaired) electrons. The smallest absolute Gasteiger partial charge is 0.251 e. The van der Waals surface area contributed by atoms with Crippen molar-refractivity contribution in [3.8, 4) is 0 Å². The monoisotopic (exact) mass is 366 g/mol. The van der Waals surface area contributed by atoms with E-state index < -0.39 is 0 Å². The highest BCUT2D eigenvalue weighted by Crippen LogP contribution is 2.07. The Balaban J connectivity index is 1.90. The number of benzene rings is 2. The van der Waals surface area contributed by atoms with Crippen molar-refractivity contribution >= 4 is 11.9 Å². The van der Waals surface area contributed by atoms with E-state index in [1.807, 2.05) is 31.2 Å². The molecule has 0 saturated heterocycles. The Hall–Kier alpha value is -2.82. The molecular formula is C22H30N4O. The number of aryl methyl sites for hydroxylation is 1. The molecule has 2 aromatic carbocycles. The lowest BCUT2D eigenvalue weighted by Crippen LogP contribution is -2.36. The summed E-state index contributed by atoms with van der Waals surface area (Å²) in [4.78, 5) is 16.5. The zero-order valence-corrected chi connectivity index (χ0v) is 16.7. The van der Waals surface area contributed by atoms with Gasteiger partial charge in [0.1, 0.15) is 0 Å². The van der Waals surface area contributed by atoms with E-state index in [1.54, 1.807) is 7.05 Å². The van der Waals surface area contributed by atoms with E-state index in [4.69, 9.17) is 0 Å². The SMILES string of the molecule is CCC(C)NC(=O)c1cccc(CNC(=NC)NCc2cccc(C)c2)c1. The molecule has 0 aliphatic rings. The molecule has 0 aromatic heterocycles. The first-order valence-electron chi connectivity index (χ1n) is 9.41. The van der Waals surface area contributed by atoms with Crippen LogP contribution in [0.2, 0.25) is 0 Å². The molecular weight excluding hydrogens is 336 g/mol. The van der Waals surface area contributed by atoms with Crippen LogP contribution in [0.3, 0.4) is 0 Å². The Kier molecular flexibility index (Phi) is 7.86. The van der Waals surface area contributed by atoms with E-state index in [1.165, 1.54) is 11.1 Å². The van der Waals surface area contributed by atoms with Crippen molar-refractivity contribution in [1.82, 2.24) is 16.0 Å². The molecule has 1 atom stereocenters. The molecule has 144 valence electrons. The second-order valence-corrected chi connectivity index (χ2v) is 6.75. The van der Waals surface area contributed by atoms with Crippen molar-refractivity contribution in [3.63, 3.8) is 0 Å². The average Bonchev–Trinajstić information content (AvgIpc) is 2.68. The van der Waals surface area contributed by atoms with Crippen molar-refractivity contribution in [2.45, 2.75) is 46.3 Å². The molecule has 0 bridgehead atoms. The van der Waals surface area contributed by atoms with Crippen LogP contribution >= 0.6 is 0 Å². The third-order valence-corrected chi connectivity index (χ3v) is 4.41. The maximum atomic E-state index is 12.3. The quantitative estimate of drug-likeness (QED) is 0.520. The van der Waals surface area contributed by atoms with Crippen molar-refractivity contribution < 1.29 is 4.79 Å². The fraction of sp³-hybridized carbons (Fsp3) is 0.364. The summed E-state index contributed by atoms with van der Waals surface area (Å²) in [5.41, 5.74) is 4.16. The van der Waals surface area contributed by atoms with E-state index in [0.717, 1.165) is 17.9 Å². The lowest BCUT2D eigenvalue weighted by Gasteiger charge is -2.14. The van der Waals surface area contributed by atoms with Gasteiger partial charge in [0.25, 0.3) is 5.91 Å². The van der Waals surface area contributed by atoms with E-state index in [0.29, 0.717) is 18.7 Å². The van der Waals surface area contributed by atoms with Crippen LogP contribution in [0.25, 0.3) is 0 Å². The van der Waals surface area contributed by atoms with Gasteiger partial charge in [-0.3, -0.25) is 9.79 Å². The van der Waals surface area contributed by atoms with E-state index >= 15 is 0 Å². The van der Waals surface area contributed by atoms with Gasteiger partial charge in [0.05, 0.1) is 0 Å². The molecule has 5 heteroatoms. The Bertz CT molecular complexity index is 785. The summed E-state index contributed by atoms with van der Waals surface area (Å²) in [6.07, 6.45) is 0.913. The Morgan fingerprint density at radius 3 is 2.26 bits per heavy atom. The van der Waals surface area contributed by atoms with Crippen molar-refractivity contribution in [2.24, 2.45) is 4.99 Å². The maximum absolute atomic E-state index is 12.3. The average molecular weight is 367 g/mol. The first kappa shape index (κ1) is 20.5. The molecule has 5 nitrogen and oxygen atoms in total. The summed E-state index contributed by atoms with van der Waals surface area (Å²) in [7, 11) is 1.75. The van der Waals surface area contributed by atoms with Gasteiger partial charge in [-0.1, -0.05) is 48.9 Å². The summed E-state index contributed by atoms with van der Waals surface area (Å²) >= 11 is 0. The predicted octanol–water partition coefficient (Wildman–Crippen LogP) is 3.39. The molecule has 0 spiro atoms. The number of aliphatic imine (C=N–C) groups is 1. The number of hydrogen-bond donors (Lipinski definition) is 3. The van der Waals surface area contributed by atoms with Gasteiger partial charge in [-0.05, 0) is 43.5 Å². The van der Waals surface area contributed by atoms with E-state index in [2.05, 4.69) is 59.1 Å². The van der Waals surface area contributed by atoms with Gasteiger partial charge in [0.15, 0.2) is 5.96 Å². The minimum atomic E-state index is -0.0341. The first-order chi connectivity index (χ1) is 13.0. The summed E-state index contributed by atoms with van der Waals surface area (Å²) in [5, 5.41) is 9.61. The van der Waals surface area contributed by atoms with Crippen LogP contribution in [0, 0.1) is 6.92 Å². The van der Waals surface area contributed by atoms with Crippen molar-refractivity contribution in [1.29, 1.82) is 0 Å². The number of rotatable bonds is 7. The zero-order valence-electron chi connectivity index (χ0n) is 16.7. The van der Waals surface area contributed by atoms with Crippen LogP contribution in [0.4, 0.5) is 0 Å². The van der Waals surface area contributed by atoms with Crippen molar-refractivity contribution in [3.05, 3.63) is 70.8 Å². The van der Waals surface area contributed by atoms with Crippen LogP contribution in [0.15, 0.2) is 53.5 Å². The van der Waals surface area contributed by atoms with Crippen LogP contribution in [-0.2, 0) is 13.1 Å². The number of carbonyl (C=O) groups is 1. The molecule has 2 aromatic rings.